The lowest BCUT2D eigenvalue weighted by atomic mass is 9.77. The molecule has 1 fully saturated rings. The van der Waals surface area contributed by atoms with Crippen LogP contribution in [0.1, 0.15) is 98.6 Å². The number of nitrogens with one attached hydrogen (secondary N) is 1. The highest BCUT2D eigenvalue weighted by Crippen LogP contribution is 2.42. The van der Waals surface area contributed by atoms with Crippen LogP contribution in [0.5, 0.6) is 5.75 Å². The number of piperidine rings is 1. The molecule has 38 heavy (non-hydrogen) atoms. The summed E-state index contributed by atoms with van der Waals surface area (Å²) in [6, 6.07) is 8.82. The highest BCUT2D eigenvalue weighted by molar-refractivity contribution is 5.78. The van der Waals surface area contributed by atoms with Crippen LogP contribution in [0.4, 0.5) is 5.82 Å². The number of aliphatic carboxylic acids is 1. The molecule has 0 aliphatic carbocycles. The first-order valence-electron chi connectivity index (χ1n) is 15.0. The summed E-state index contributed by atoms with van der Waals surface area (Å²) >= 11 is 0. The molecule has 2 aromatic rings. The van der Waals surface area contributed by atoms with Crippen molar-refractivity contribution >= 4 is 11.8 Å². The number of aromatic nitrogens is 1. The van der Waals surface area contributed by atoms with E-state index >= 15 is 0 Å². The summed E-state index contributed by atoms with van der Waals surface area (Å²) in [6.45, 7) is 9.16. The van der Waals surface area contributed by atoms with Crippen LogP contribution >= 0.6 is 0 Å². The summed E-state index contributed by atoms with van der Waals surface area (Å²) in [5.74, 6) is 1.30. The van der Waals surface area contributed by atoms with Crippen molar-refractivity contribution in [3.05, 3.63) is 52.2 Å². The zero-order valence-electron chi connectivity index (χ0n) is 23.3. The quantitative estimate of drug-likeness (QED) is 0.365. The average molecular weight is 520 g/mol. The summed E-state index contributed by atoms with van der Waals surface area (Å²) in [5, 5.41) is 13.8. The number of carbonyl (C=O) groups is 1. The van der Waals surface area contributed by atoms with E-state index in [0.717, 1.165) is 81.8 Å². The molecule has 6 heteroatoms. The Bertz CT molecular complexity index is 1110. The van der Waals surface area contributed by atoms with Gasteiger partial charge < -0.3 is 20.1 Å². The first kappa shape index (κ1) is 27.0. The van der Waals surface area contributed by atoms with Crippen LogP contribution in [0.25, 0.3) is 0 Å². The second-order valence-corrected chi connectivity index (χ2v) is 11.9. The van der Waals surface area contributed by atoms with Gasteiger partial charge in [0.1, 0.15) is 11.6 Å². The van der Waals surface area contributed by atoms with Crippen molar-refractivity contribution in [2.75, 3.05) is 38.1 Å². The maximum absolute atomic E-state index is 12.6. The molecule has 6 nitrogen and oxygen atoms in total. The summed E-state index contributed by atoms with van der Waals surface area (Å²) in [4.78, 5) is 20.0. The predicted molar refractivity (Wildman–Crippen MR) is 152 cm³/mol. The van der Waals surface area contributed by atoms with E-state index in [2.05, 4.69) is 48.3 Å². The van der Waals surface area contributed by atoms with Gasteiger partial charge in [0.15, 0.2) is 0 Å². The highest BCUT2D eigenvalue weighted by Gasteiger charge is 2.36. The fourth-order valence-corrected chi connectivity index (χ4v) is 6.53. The minimum absolute atomic E-state index is 0.157. The summed E-state index contributed by atoms with van der Waals surface area (Å²) in [7, 11) is 0. The SMILES string of the molecule is CC(C)c1cc2c(c([C@H](C(=O)O)C3CCN(CCCCCc4ccc5c(n4)NCCC5)CC3)c1)OCCC2. The van der Waals surface area contributed by atoms with Crippen LogP contribution in [0.15, 0.2) is 24.3 Å². The van der Waals surface area contributed by atoms with E-state index in [1.54, 1.807) is 0 Å². The number of nitrogens with zero attached hydrogens (tertiary/aromatic N) is 2. The number of likely N-dealkylation sites (tertiary alicyclic amines) is 1. The zero-order valence-corrected chi connectivity index (χ0v) is 23.3. The highest BCUT2D eigenvalue weighted by atomic mass is 16.5. The Morgan fingerprint density at radius 2 is 1.92 bits per heavy atom. The van der Waals surface area contributed by atoms with Gasteiger partial charge in [-0.05, 0) is 112 Å². The monoisotopic (exact) mass is 519 g/mol. The number of pyridine rings is 1. The molecular weight excluding hydrogens is 474 g/mol. The molecular formula is C32H45N3O3. The Kier molecular flexibility index (Phi) is 8.88. The zero-order chi connectivity index (χ0) is 26.5. The lowest BCUT2D eigenvalue weighted by Crippen LogP contribution is -2.38. The number of hydrogen-bond donors (Lipinski definition) is 2. The van der Waals surface area contributed by atoms with E-state index < -0.39 is 11.9 Å². The smallest absolute Gasteiger partial charge is 0.311 e. The van der Waals surface area contributed by atoms with Crippen LogP contribution in [-0.2, 0) is 24.1 Å². The van der Waals surface area contributed by atoms with Crippen molar-refractivity contribution in [1.29, 1.82) is 0 Å². The first-order chi connectivity index (χ1) is 18.5. The molecule has 3 aliphatic rings. The minimum atomic E-state index is -0.702. The van der Waals surface area contributed by atoms with Gasteiger partial charge in [0, 0.05) is 17.8 Å². The van der Waals surface area contributed by atoms with Crippen LogP contribution < -0.4 is 10.1 Å². The average Bonchev–Trinajstić information content (AvgIpc) is 2.93. The number of rotatable bonds is 10. The largest absolute Gasteiger partial charge is 0.493 e. The van der Waals surface area contributed by atoms with E-state index in [1.165, 1.54) is 48.1 Å². The van der Waals surface area contributed by atoms with Crippen LogP contribution in [0.2, 0.25) is 0 Å². The number of unbranched alkanes of at least 4 members (excludes halogenated alkanes) is 2. The molecule has 4 heterocycles. The van der Waals surface area contributed by atoms with Gasteiger partial charge in [-0.3, -0.25) is 4.79 Å². The van der Waals surface area contributed by atoms with Crippen molar-refractivity contribution in [1.82, 2.24) is 9.88 Å². The van der Waals surface area contributed by atoms with Crippen molar-refractivity contribution in [2.24, 2.45) is 5.92 Å². The van der Waals surface area contributed by atoms with Gasteiger partial charge in [0.25, 0.3) is 0 Å². The van der Waals surface area contributed by atoms with E-state index in [9.17, 15) is 9.90 Å². The lowest BCUT2D eigenvalue weighted by molar-refractivity contribution is -0.140. The molecule has 0 unspecified atom stereocenters. The molecule has 1 aromatic heterocycles. The van der Waals surface area contributed by atoms with Gasteiger partial charge in [0.2, 0.25) is 0 Å². The van der Waals surface area contributed by atoms with Crippen molar-refractivity contribution in [3.63, 3.8) is 0 Å². The molecule has 206 valence electrons. The fraction of sp³-hybridized carbons (Fsp3) is 0.625. The van der Waals surface area contributed by atoms with Crippen molar-refractivity contribution in [2.45, 2.75) is 89.9 Å². The number of carboxylic acid groups (broad SMARTS) is 1. The minimum Gasteiger partial charge on any atom is -0.493 e. The molecule has 1 atom stereocenters. The molecule has 1 aromatic carbocycles. The molecule has 5 rings (SSSR count). The number of carboxylic acids is 1. The van der Waals surface area contributed by atoms with Crippen molar-refractivity contribution < 1.29 is 14.6 Å². The van der Waals surface area contributed by atoms with Crippen LogP contribution in [0, 0.1) is 5.92 Å². The first-order valence-corrected chi connectivity index (χ1v) is 15.0. The topological polar surface area (TPSA) is 74.7 Å². The predicted octanol–water partition coefficient (Wildman–Crippen LogP) is 6.18. The van der Waals surface area contributed by atoms with Crippen LogP contribution in [-0.4, -0.2) is 53.7 Å². The third-order valence-electron chi connectivity index (χ3n) is 8.78. The number of benzene rings is 1. The Labute approximate surface area is 228 Å². The van der Waals surface area contributed by atoms with E-state index in [-0.39, 0.29) is 5.92 Å². The molecule has 3 aliphatic heterocycles. The standard InChI is InChI=1S/C32H45N3O3/c1-22(2)26-20-25-9-7-19-38-30(25)28(21-26)29(32(36)37)23-13-17-35(18-14-23)16-5-3-4-10-27-12-11-24-8-6-15-33-31(24)34-27/h11-12,20-23,29H,3-10,13-19H2,1-2H3,(H,33,34)(H,36,37)/t29-/m1/s1. The number of ether oxygens (including phenoxy) is 1. The molecule has 0 spiro atoms. The molecule has 2 N–H and O–H groups in total. The van der Waals surface area contributed by atoms with Crippen molar-refractivity contribution in [3.8, 4) is 5.75 Å². The maximum Gasteiger partial charge on any atom is 0.311 e. The Morgan fingerprint density at radius 1 is 1.11 bits per heavy atom. The normalized spacial score (nSPS) is 18.8. The fourth-order valence-electron chi connectivity index (χ4n) is 6.53. The van der Waals surface area contributed by atoms with Gasteiger partial charge in [-0.25, -0.2) is 4.98 Å². The molecule has 1 saturated heterocycles. The molecule has 0 bridgehead atoms. The van der Waals surface area contributed by atoms with Gasteiger partial charge in [-0.15, -0.1) is 0 Å². The Hall–Kier alpha value is -2.60. The Balaban J connectivity index is 1.12. The lowest BCUT2D eigenvalue weighted by Gasteiger charge is -2.36. The van der Waals surface area contributed by atoms with Gasteiger partial charge >= 0.3 is 5.97 Å². The van der Waals surface area contributed by atoms with E-state index in [0.29, 0.717) is 12.5 Å². The number of aryl methyl sites for hydroxylation is 3. The summed E-state index contributed by atoms with van der Waals surface area (Å²) < 4.78 is 6.09. The van der Waals surface area contributed by atoms with Gasteiger partial charge in [0.05, 0.1) is 12.5 Å². The maximum atomic E-state index is 12.6. The Morgan fingerprint density at radius 3 is 2.71 bits per heavy atom. The van der Waals surface area contributed by atoms with E-state index in [1.807, 2.05) is 0 Å². The second kappa shape index (κ2) is 12.5. The van der Waals surface area contributed by atoms with Crippen LogP contribution in [0.3, 0.4) is 0 Å². The second-order valence-electron chi connectivity index (χ2n) is 11.9. The summed E-state index contributed by atoms with van der Waals surface area (Å²) in [6.07, 6.45) is 10.8. The van der Waals surface area contributed by atoms with E-state index in [4.69, 9.17) is 9.72 Å². The molecule has 0 amide bonds. The third kappa shape index (κ3) is 6.33. The molecule has 0 radical (unpaired) electrons. The van der Waals surface area contributed by atoms with Gasteiger partial charge in [-0.1, -0.05) is 38.5 Å². The number of anilines is 1. The third-order valence-corrected chi connectivity index (χ3v) is 8.78. The van der Waals surface area contributed by atoms with Gasteiger partial charge in [-0.2, -0.15) is 0 Å². The summed E-state index contributed by atoms with van der Waals surface area (Å²) in [5.41, 5.74) is 5.90. The number of fused-ring (bicyclic) bond motifs is 2. The molecule has 0 saturated carbocycles. The number of hydrogen-bond acceptors (Lipinski definition) is 5.